The van der Waals surface area contributed by atoms with Crippen LogP contribution in [0.1, 0.15) is 13.3 Å². The quantitative estimate of drug-likeness (QED) is 0.790. The molecule has 1 aromatic rings. The zero-order chi connectivity index (χ0) is 20.1. The van der Waals surface area contributed by atoms with Crippen molar-refractivity contribution in [1.29, 1.82) is 5.26 Å². The minimum absolute atomic E-state index is 0.197. The predicted octanol–water partition coefficient (Wildman–Crippen LogP) is 1.32. The van der Waals surface area contributed by atoms with Crippen LogP contribution in [0.15, 0.2) is 18.2 Å². The van der Waals surface area contributed by atoms with Crippen LogP contribution in [0.5, 0.6) is 0 Å². The van der Waals surface area contributed by atoms with Gasteiger partial charge in [-0.05, 0) is 18.2 Å². The second kappa shape index (κ2) is 8.89. The standard InChI is InChI=1S/C19H24FN5O3/c1-14(26)22-12-16-13-25(19(27)28-16)15-3-4-18(17(20)11-15)24-9-7-23(8-10-24)6-2-5-21/h3-4,11,16H,2,6-10,12-13H2,1H3,(H,22,26)/t16-/m1/s1. The number of hydrogen-bond donors (Lipinski definition) is 1. The highest BCUT2D eigenvalue weighted by atomic mass is 19.1. The van der Waals surface area contributed by atoms with E-state index in [1.54, 1.807) is 12.1 Å². The first-order valence-electron chi connectivity index (χ1n) is 9.34. The van der Waals surface area contributed by atoms with E-state index >= 15 is 0 Å². The number of carbonyl (C=O) groups is 2. The van der Waals surface area contributed by atoms with Crippen molar-refractivity contribution in [3.63, 3.8) is 0 Å². The van der Waals surface area contributed by atoms with Crippen molar-refractivity contribution in [1.82, 2.24) is 10.2 Å². The van der Waals surface area contributed by atoms with Gasteiger partial charge in [0.05, 0.1) is 30.5 Å². The number of carbonyl (C=O) groups excluding carboxylic acids is 2. The molecule has 0 unspecified atom stereocenters. The fourth-order valence-corrected chi connectivity index (χ4v) is 3.44. The van der Waals surface area contributed by atoms with E-state index in [0.29, 0.717) is 30.9 Å². The van der Waals surface area contributed by atoms with Crippen LogP contribution >= 0.6 is 0 Å². The molecular formula is C19H24FN5O3. The number of cyclic esters (lactones) is 1. The third-order valence-electron chi connectivity index (χ3n) is 4.95. The van der Waals surface area contributed by atoms with Gasteiger partial charge >= 0.3 is 6.09 Å². The van der Waals surface area contributed by atoms with E-state index < -0.39 is 12.2 Å². The molecule has 150 valence electrons. The van der Waals surface area contributed by atoms with Gasteiger partial charge in [0.2, 0.25) is 5.91 Å². The monoisotopic (exact) mass is 389 g/mol. The van der Waals surface area contributed by atoms with Gasteiger partial charge < -0.3 is 15.0 Å². The summed E-state index contributed by atoms with van der Waals surface area (Å²) in [6.07, 6.45) is -0.507. The molecule has 28 heavy (non-hydrogen) atoms. The maximum absolute atomic E-state index is 14.7. The van der Waals surface area contributed by atoms with Gasteiger partial charge in [-0.3, -0.25) is 14.6 Å². The van der Waals surface area contributed by atoms with Gasteiger partial charge in [0.1, 0.15) is 11.9 Å². The predicted molar refractivity (Wildman–Crippen MR) is 102 cm³/mol. The lowest BCUT2D eigenvalue weighted by atomic mass is 10.2. The first-order chi connectivity index (χ1) is 13.5. The molecule has 0 aromatic heterocycles. The molecule has 2 saturated heterocycles. The molecular weight excluding hydrogens is 365 g/mol. The topological polar surface area (TPSA) is 88.9 Å². The zero-order valence-electron chi connectivity index (χ0n) is 15.9. The Kier molecular flexibility index (Phi) is 6.31. The highest BCUT2D eigenvalue weighted by Gasteiger charge is 2.33. The van der Waals surface area contributed by atoms with Crippen LogP contribution in [-0.4, -0.2) is 68.8 Å². The smallest absolute Gasteiger partial charge is 0.414 e. The van der Waals surface area contributed by atoms with Gasteiger partial charge in [-0.2, -0.15) is 5.26 Å². The van der Waals surface area contributed by atoms with E-state index in [0.717, 1.165) is 19.6 Å². The van der Waals surface area contributed by atoms with Gasteiger partial charge in [0, 0.05) is 46.1 Å². The van der Waals surface area contributed by atoms with Crippen molar-refractivity contribution in [3.05, 3.63) is 24.0 Å². The molecule has 2 aliphatic heterocycles. The molecule has 1 atom stereocenters. The third-order valence-corrected chi connectivity index (χ3v) is 4.95. The Morgan fingerprint density at radius 1 is 1.36 bits per heavy atom. The molecule has 2 fully saturated rings. The second-order valence-corrected chi connectivity index (χ2v) is 6.93. The summed E-state index contributed by atoms with van der Waals surface area (Å²) in [6.45, 7) is 5.56. The van der Waals surface area contributed by atoms with Gasteiger partial charge in [-0.15, -0.1) is 0 Å². The summed E-state index contributed by atoms with van der Waals surface area (Å²) in [6, 6.07) is 6.88. The molecule has 0 bridgehead atoms. The number of piperazine rings is 1. The lowest BCUT2D eigenvalue weighted by Gasteiger charge is -2.36. The van der Waals surface area contributed by atoms with Gasteiger partial charge in [-0.1, -0.05) is 0 Å². The van der Waals surface area contributed by atoms with Gasteiger partial charge in [0.25, 0.3) is 0 Å². The number of nitriles is 1. The molecule has 2 aliphatic rings. The van der Waals surface area contributed by atoms with Crippen LogP contribution in [0.3, 0.4) is 0 Å². The number of nitrogens with zero attached hydrogens (tertiary/aromatic N) is 4. The number of hydrogen-bond acceptors (Lipinski definition) is 6. The van der Waals surface area contributed by atoms with Crippen LogP contribution in [0.25, 0.3) is 0 Å². The van der Waals surface area contributed by atoms with E-state index in [-0.39, 0.29) is 24.8 Å². The van der Waals surface area contributed by atoms with Gasteiger partial charge in [-0.25, -0.2) is 9.18 Å². The number of nitrogens with one attached hydrogen (secondary N) is 1. The van der Waals surface area contributed by atoms with Crippen LogP contribution < -0.4 is 15.1 Å². The third kappa shape index (κ3) is 4.70. The summed E-state index contributed by atoms with van der Waals surface area (Å²) >= 11 is 0. The van der Waals surface area contributed by atoms with E-state index in [1.165, 1.54) is 17.9 Å². The zero-order valence-corrected chi connectivity index (χ0v) is 15.9. The summed E-state index contributed by atoms with van der Waals surface area (Å²) in [7, 11) is 0. The highest BCUT2D eigenvalue weighted by Crippen LogP contribution is 2.28. The van der Waals surface area contributed by atoms with Crippen LogP contribution in [0.2, 0.25) is 0 Å². The Balaban J connectivity index is 1.61. The van der Waals surface area contributed by atoms with Crippen molar-refractivity contribution in [2.45, 2.75) is 19.4 Å². The maximum atomic E-state index is 14.7. The molecule has 0 saturated carbocycles. The number of rotatable bonds is 6. The first-order valence-corrected chi connectivity index (χ1v) is 9.34. The molecule has 0 aliphatic carbocycles. The maximum Gasteiger partial charge on any atom is 0.414 e. The molecule has 2 heterocycles. The van der Waals surface area contributed by atoms with Gasteiger partial charge in [0.15, 0.2) is 0 Å². The molecule has 0 spiro atoms. The number of anilines is 2. The molecule has 1 aromatic carbocycles. The van der Waals surface area contributed by atoms with Crippen molar-refractivity contribution in [3.8, 4) is 6.07 Å². The molecule has 3 rings (SSSR count). The summed E-state index contributed by atoms with van der Waals surface area (Å²) in [4.78, 5) is 28.6. The average Bonchev–Trinajstić information content (AvgIpc) is 3.06. The van der Waals surface area contributed by atoms with E-state index in [2.05, 4.69) is 16.3 Å². The van der Waals surface area contributed by atoms with Crippen molar-refractivity contribution >= 4 is 23.4 Å². The van der Waals surface area contributed by atoms with E-state index in [9.17, 15) is 14.0 Å². The van der Waals surface area contributed by atoms with Crippen LogP contribution in [0, 0.1) is 17.1 Å². The Morgan fingerprint density at radius 2 is 2.11 bits per heavy atom. The van der Waals surface area contributed by atoms with E-state index in [4.69, 9.17) is 10.00 Å². The molecule has 8 nitrogen and oxygen atoms in total. The highest BCUT2D eigenvalue weighted by molar-refractivity contribution is 5.90. The first kappa shape index (κ1) is 19.9. The van der Waals surface area contributed by atoms with Crippen LogP contribution in [-0.2, 0) is 9.53 Å². The molecule has 9 heteroatoms. The number of amides is 2. The largest absolute Gasteiger partial charge is 0.442 e. The Labute approximate surface area is 163 Å². The van der Waals surface area contributed by atoms with Crippen molar-refractivity contribution in [2.75, 3.05) is 55.6 Å². The number of ether oxygens (including phenoxy) is 1. The lowest BCUT2D eigenvalue weighted by molar-refractivity contribution is -0.119. The summed E-state index contributed by atoms with van der Waals surface area (Å²) < 4.78 is 20.0. The second-order valence-electron chi connectivity index (χ2n) is 6.93. The Bertz CT molecular complexity index is 773. The summed E-state index contributed by atoms with van der Waals surface area (Å²) in [5, 5.41) is 11.3. The van der Waals surface area contributed by atoms with Crippen LogP contribution in [0.4, 0.5) is 20.6 Å². The Morgan fingerprint density at radius 3 is 2.75 bits per heavy atom. The molecule has 1 N–H and O–H groups in total. The van der Waals surface area contributed by atoms with Crippen molar-refractivity contribution < 1.29 is 18.7 Å². The molecule has 2 amide bonds. The lowest BCUT2D eigenvalue weighted by Crippen LogP contribution is -2.46. The van der Waals surface area contributed by atoms with E-state index in [1.807, 2.05) is 4.90 Å². The molecule has 0 radical (unpaired) electrons. The summed E-state index contributed by atoms with van der Waals surface area (Å²) in [5.74, 6) is -0.585. The minimum Gasteiger partial charge on any atom is -0.442 e. The summed E-state index contributed by atoms with van der Waals surface area (Å²) in [5.41, 5.74) is 0.940. The fourth-order valence-electron chi connectivity index (χ4n) is 3.44. The Hall–Kier alpha value is -2.86. The number of benzene rings is 1. The normalized spacial score (nSPS) is 20.0. The van der Waals surface area contributed by atoms with Crippen molar-refractivity contribution in [2.24, 2.45) is 0 Å². The SMILES string of the molecule is CC(=O)NC[C@@H]1CN(c2ccc(N3CCN(CCC#N)CC3)c(F)c2)C(=O)O1. The minimum atomic E-state index is -0.548. The number of halogens is 1. The fraction of sp³-hybridized carbons (Fsp3) is 0.526. The average molecular weight is 389 g/mol.